The lowest BCUT2D eigenvalue weighted by atomic mass is 10.0. The van der Waals surface area contributed by atoms with Crippen molar-refractivity contribution in [3.05, 3.63) is 35.9 Å². The summed E-state index contributed by atoms with van der Waals surface area (Å²) >= 11 is 0. The molecule has 0 aliphatic rings. The van der Waals surface area contributed by atoms with E-state index in [2.05, 4.69) is 0 Å². The molecule has 0 aliphatic heterocycles. The number of methoxy groups -OCH3 is 1. The van der Waals surface area contributed by atoms with E-state index in [0.29, 0.717) is 6.42 Å². The van der Waals surface area contributed by atoms with Crippen molar-refractivity contribution in [2.75, 3.05) is 7.11 Å². The second kappa shape index (κ2) is 5.82. The Labute approximate surface area is 97.4 Å². The van der Waals surface area contributed by atoms with E-state index in [0.717, 1.165) is 5.56 Å². The third kappa shape index (κ3) is 4.56. The molecule has 0 aliphatic carbocycles. The monoisotopic (exact) mass is 246 g/mol. The number of Topliss-reactive ketones (excluding diaryl/α,β-unsaturated/α-hetero) is 1. The molecule has 1 aromatic rings. The number of hydrogen-bond donors (Lipinski definition) is 0. The van der Waals surface area contributed by atoms with Crippen molar-refractivity contribution in [2.24, 2.45) is 0 Å². The number of rotatable bonds is 5. The van der Waals surface area contributed by atoms with Crippen LogP contribution < -0.4 is 0 Å². The van der Waals surface area contributed by atoms with E-state index in [4.69, 9.17) is 4.74 Å². The number of hydrogen-bond acceptors (Lipinski definition) is 2. The van der Waals surface area contributed by atoms with Crippen LogP contribution in [0.2, 0.25) is 0 Å². The second-order valence-corrected chi connectivity index (χ2v) is 3.67. The minimum Gasteiger partial charge on any atom is -0.381 e. The summed E-state index contributed by atoms with van der Waals surface area (Å²) in [5.74, 6) is -1.75. The first-order valence-corrected chi connectivity index (χ1v) is 5.10. The standard InChI is InChI=1S/C12H13F3O2/c1-17-10(8-11(16)12(13,14)15)7-9-5-3-2-4-6-9/h2-6,10H,7-8H2,1H3/t10-/m0/s1. The Morgan fingerprint density at radius 1 is 1.29 bits per heavy atom. The topological polar surface area (TPSA) is 26.3 Å². The number of carbonyl (C=O) groups excluding carboxylic acids is 1. The highest BCUT2D eigenvalue weighted by Gasteiger charge is 2.39. The Morgan fingerprint density at radius 3 is 2.35 bits per heavy atom. The molecule has 0 fully saturated rings. The largest absolute Gasteiger partial charge is 0.450 e. The summed E-state index contributed by atoms with van der Waals surface area (Å²) in [6, 6.07) is 8.95. The van der Waals surface area contributed by atoms with E-state index >= 15 is 0 Å². The maximum atomic E-state index is 12.1. The maximum absolute atomic E-state index is 12.1. The molecular weight excluding hydrogens is 233 g/mol. The van der Waals surface area contributed by atoms with Crippen molar-refractivity contribution in [1.82, 2.24) is 0 Å². The zero-order chi connectivity index (χ0) is 12.9. The van der Waals surface area contributed by atoms with Gasteiger partial charge in [-0.05, 0) is 12.0 Å². The minimum atomic E-state index is -4.78. The van der Waals surface area contributed by atoms with E-state index < -0.39 is 24.5 Å². The van der Waals surface area contributed by atoms with Crippen LogP contribution in [-0.2, 0) is 16.0 Å². The molecule has 0 radical (unpaired) electrons. The van der Waals surface area contributed by atoms with Gasteiger partial charge >= 0.3 is 6.18 Å². The first kappa shape index (κ1) is 13.7. The lowest BCUT2D eigenvalue weighted by Crippen LogP contribution is -2.29. The van der Waals surface area contributed by atoms with Gasteiger partial charge in [0.05, 0.1) is 6.10 Å². The summed E-state index contributed by atoms with van der Waals surface area (Å²) in [4.78, 5) is 10.8. The normalized spacial score (nSPS) is 13.4. The summed E-state index contributed by atoms with van der Waals surface area (Å²) in [7, 11) is 1.30. The Balaban J connectivity index is 2.59. The summed E-state index contributed by atoms with van der Waals surface area (Å²) in [6.45, 7) is 0. The molecule has 0 spiro atoms. The Bertz CT molecular complexity index is 360. The molecule has 0 N–H and O–H groups in total. The summed E-state index contributed by atoms with van der Waals surface area (Å²) in [5, 5.41) is 0. The predicted octanol–water partition coefficient (Wildman–Crippen LogP) is 2.77. The van der Waals surface area contributed by atoms with Crippen LogP contribution in [0, 0.1) is 0 Å². The number of alkyl halides is 3. The molecule has 17 heavy (non-hydrogen) atoms. The van der Waals surface area contributed by atoms with Crippen LogP contribution in [0.1, 0.15) is 12.0 Å². The van der Waals surface area contributed by atoms with Crippen molar-refractivity contribution >= 4 is 5.78 Å². The quantitative estimate of drug-likeness (QED) is 0.798. The van der Waals surface area contributed by atoms with Gasteiger partial charge in [-0.1, -0.05) is 30.3 Å². The molecular formula is C12H13F3O2. The first-order valence-electron chi connectivity index (χ1n) is 5.10. The molecule has 0 saturated carbocycles. The van der Waals surface area contributed by atoms with Gasteiger partial charge in [0, 0.05) is 13.5 Å². The van der Waals surface area contributed by atoms with Crippen molar-refractivity contribution in [1.29, 1.82) is 0 Å². The number of benzene rings is 1. The van der Waals surface area contributed by atoms with E-state index in [1.165, 1.54) is 7.11 Å². The van der Waals surface area contributed by atoms with Gasteiger partial charge in [0.2, 0.25) is 5.78 Å². The van der Waals surface area contributed by atoms with Gasteiger partial charge in [0.1, 0.15) is 0 Å². The van der Waals surface area contributed by atoms with Gasteiger partial charge in [-0.15, -0.1) is 0 Å². The molecule has 1 rings (SSSR count). The summed E-state index contributed by atoms with van der Waals surface area (Å²) in [6.07, 6.45) is -5.88. The van der Waals surface area contributed by atoms with Crippen molar-refractivity contribution in [3.63, 3.8) is 0 Å². The fraction of sp³-hybridized carbons (Fsp3) is 0.417. The highest BCUT2D eigenvalue weighted by molar-refractivity contribution is 5.84. The zero-order valence-corrected chi connectivity index (χ0v) is 9.33. The van der Waals surface area contributed by atoms with Crippen LogP contribution in [0.5, 0.6) is 0 Å². The summed E-state index contributed by atoms with van der Waals surface area (Å²) in [5.41, 5.74) is 0.842. The van der Waals surface area contributed by atoms with Gasteiger partial charge in [-0.25, -0.2) is 0 Å². The van der Waals surface area contributed by atoms with Crippen molar-refractivity contribution in [3.8, 4) is 0 Å². The van der Waals surface area contributed by atoms with Crippen LogP contribution in [0.25, 0.3) is 0 Å². The molecule has 1 aromatic carbocycles. The van der Waals surface area contributed by atoms with E-state index in [1.807, 2.05) is 6.07 Å². The van der Waals surface area contributed by atoms with Crippen molar-refractivity contribution in [2.45, 2.75) is 25.1 Å². The minimum absolute atomic E-state index is 0.291. The average Bonchev–Trinajstić information content (AvgIpc) is 2.28. The molecule has 0 unspecified atom stereocenters. The SMILES string of the molecule is CO[C@H](CC(=O)C(F)(F)F)Cc1ccccc1. The fourth-order valence-electron chi connectivity index (χ4n) is 1.44. The molecule has 0 amide bonds. The molecule has 94 valence electrons. The maximum Gasteiger partial charge on any atom is 0.450 e. The van der Waals surface area contributed by atoms with Crippen LogP contribution >= 0.6 is 0 Å². The molecule has 0 saturated heterocycles. The van der Waals surface area contributed by atoms with E-state index in [1.54, 1.807) is 24.3 Å². The highest BCUT2D eigenvalue weighted by Crippen LogP contribution is 2.20. The molecule has 0 aromatic heterocycles. The van der Waals surface area contributed by atoms with Crippen molar-refractivity contribution < 1.29 is 22.7 Å². The predicted molar refractivity (Wildman–Crippen MR) is 56.6 cm³/mol. The molecule has 0 bridgehead atoms. The Kier molecular flexibility index (Phi) is 4.69. The van der Waals surface area contributed by atoms with E-state index in [9.17, 15) is 18.0 Å². The highest BCUT2D eigenvalue weighted by atomic mass is 19.4. The lowest BCUT2D eigenvalue weighted by Gasteiger charge is -2.15. The van der Waals surface area contributed by atoms with Gasteiger partial charge in [0.25, 0.3) is 0 Å². The average molecular weight is 246 g/mol. The number of halogens is 3. The van der Waals surface area contributed by atoms with Crippen LogP contribution in [0.15, 0.2) is 30.3 Å². The van der Waals surface area contributed by atoms with Crippen LogP contribution in [0.4, 0.5) is 13.2 Å². The molecule has 1 atom stereocenters. The molecule has 0 heterocycles. The van der Waals surface area contributed by atoms with Gasteiger partial charge in [-0.3, -0.25) is 4.79 Å². The first-order chi connectivity index (χ1) is 7.93. The Morgan fingerprint density at radius 2 is 1.88 bits per heavy atom. The Hall–Kier alpha value is -1.36. The third-order valence-electron chi connectivity index (χ3n) is 2.37. The summed E-state index contributed by atoms with van der Waals surface area (Å²) < 4.78 is 41.1. The lowest BCUT2D eigenvalue weighted by molar-refractivity contribution is -0.173. The van der Waals surface area contributed by atoms with Crippen LogP contribution in [-0.4, -0.2) is 25.2 Å². The van der Waals surface area contributed by atoms with Crippen LogP contribution in [0.3, 0.4) is 0 Å². The van der Waals surface area contributed by atoms with E-state index in [-0.39, 0.29) is 0 Å². The van der Waals surface area contributed by atoms with Gasteiger partial charge < -0.3 is 4.74 Å². The van der Waals surface area contributed by atoms with Gasteiger partial charge in [-0.2, -0.15) is 13.2 Å². The third-order valence-corrected chi connectivity index (χ3v) is 2.37. The smallest absolute Gasteiger partial charge is 0.381 e. The number of ketones is 1. The van der Waals surface area contributed by atoms with Gasteiger partial charge in [0.15, 0.2) is 0 Å². The fourth-order valence-corrected chi connectivity index (χ4v) is 1.44. The number of carbonyl (C=O) groups is 1. The molecule has 2 nitrogen and oxygen atoms in total. The second-order valence-electron chi connectivity index (χ2n) is 3.67. The number of ether oxygens (including phenoxy) is 1. The molecule has 5 heteroatoms. The zero-order valence-electron chi connectivity index (χ0n) is 9.33.